The SMILES string of the molecule is CCC(C)CC(N1CCCC1=O)C(C)(C)CC. The van der Waals surface area contributed by atoms with Crippen molar-refractivity contribution < 1.29 is 4.79 Å². The third-order valence-electron chi connectivity index (χ3n) is 4.62. The van der Waals surface area contributed by atoms with Gasteiger partial charge in [0.25, 0.3) is 0 Å². The molecule has 1 aliphatic rings. The van der Waals surface area contributed by atoms with Crippen LogP contribution in [-0.2, 0) is 4.79 Å². The zero-order valence-electron chi connectivity index (χ0n) is 12.3. The van der Waals surface area contributed by atoms with Gasteiger partial charge in [0.05, 0.1) is 0 Å². The molecule has 1 rings (SSSR count). The molecule has 17 heavy (non-hydrogen) atoms. The summed E-state index contributed by atoms with van der Waals surface area (Å²) in [7, 11) is 0. The van der Waals surface area contributed by atoms with Crippen LogP contribution in [0.5, 0.6) is 0 Å². The van der Waals surface area contributed by atoms with Crippen molar-refractivity contribution in [3.8, 4) is 0 Å². The molecule has 1 amide bonds. The zero-order chi connectivity index (χ0) is 13.1. The van der Waals surface area contributed by atoms with Crippen molar-refractivity contribution in [3.63, 3.8) is 0 Å². The Morgan fingerprint density at radius 1 is 1.35 bits per heavy atom. The van der Waals surface area contributed by atoms with Crippen molar-refractivity contribution in [2.45, 2.75) is 72.8 Å². The van der Waals surface area contributed by atoms with Gasteiger partial charge in [-0.15, -0.1) is 0 Å². The van der Waals surface area contributed by atoms with Gasteiger partial charge in [-0.25, -0.2) is 0 Å². The molecule has 0 aromatic rings. The largest absolute Gasteiger partial charge is 0.339 e. The quantitative estimate of drug-likeness (QED) is 0.689. The summed E-state index contributed by atoms with van der Waals surface area (Å²) in [6.45, 7) is 12.4. The molecule has 0 aromatic heterocycles. The van der Waals surface area contributed by atoms with Crippen LogP contribution in [0, 0.1) is 11.3 Å². The van der Waals surface area contributed by atoms with Crippen molar-refractivity contribution in [2.75, 3.05) is 6.54 Å². The summed E-state index contributed by atoms with van der Waals surface area (Å²) in [6, 6.07) is 0.428. The maximum atomic E-state index is 12.0. The van der Waals surface area contributed by atoms with E-state index in [1.54, 1.807) is 0 Å². The van der Waals surface area contributed by atoms with Crippen molar-refractivity contribution in [3.05, 3.63) is 0 Å². The van der Waals surface area contributed by atoms with Gasteiger partial charge < -0.3 is 4.90 Å². The first kappa shape index (κ1) is 14.5. The van der Waals surface area contributed by atoms with Crippen molar-refractivity contribution in [1.29, 1.82) is 0 Å². The second kappa shape index (κ2) is 5.88. The number of carbonyl (C=O) groups is 1. The van der Waals surface area contributed by atoms with Gasteiger partial charge in [0.2, 0.25) is 5.91 Å². The van der Waals surface area contributed by atoms with Gasteiger partial charge in [-0.1, -0.05) is 41.0 Å². The van der Waals surface area contributed by atoms with Crippen LogP contribution >= 0.6 is 0 Å². The molecule has 1 saturated heterocycles. The lowest BCUT2D eigenvalue weighted by Gasteiger charge is -2.41. The topological polar surface area (TPSA) is 20.3 Å². The first-order chi connectivity index (χ1) is 7.92. The molecule has 1 fully saturated rings. The molecular formula is C15H29NO. The van der Waals surface area contributed by atoms with Gasteiger partial charge in [0.1, 0.15) is 0 Å². The summed E-state index contributed by atoms with van der Waals surface area (Å²) in [5.41, 5.74) is 0.240. The van der Waals surface area contributed by atoms with E-state index >= 15 is 0 Å². The summed E-state index contributed by atoms with van der Waals surface area (Å²) in [5, 5.41) is 0. The summed E-state index contributed by atoms with van der Waals surface area (Å²) in [5.74, 6) is 1.08. The van der Waals surface area contributed by atoms with Crippen LogP contribution in [0.25, 0.3) is 0 Å². The fraction of sp³-hybridized carbons (Fsp3) is 0.933. The Hall–Kier alpha value is -0.530. The Morgan fingerprint density at radius 2 is 2.00 bits per heavy atom. The lowest BCUT2D eigenvalue weighted by atomic mass is 9.76. The molecule has 2 unspecified atom stereocenters. The van der Waals surface area contributed by atoms with E-state index in [9.17, 15) is 4.79 Å². The molecule has 0 spiro atoms. The molecular weight excluding hydrogens is 210 g/mol. The Bertz CT molecular complexity index is 260. The molecule has 2 atom stereocenters. The van der Waals surface area contributed by atoms with Crippen LogP contribution < -0.4 is 0 Å². The van der Waals surface area contributed by atoms with Crippen molar-refractivity contribution in [1.82, 2.24) is 4.90 Å². The monoisotopic (exact) mass is 239 g/mol. The Kier molecular flexibility index (Phi) is 5.03. The standard InChI is InChI=1S/C15H29NO/c1-6-12(3)11-13(15(4,5)7-2)16-10-8-9-14(16)17/h12-13H,6-11H2,1-5H3. The van der Waals surface area contributed by atoms with Gasteiger partial charge >= 0.3 is 0 Å². The zero-order valence-corrected chi connectivity index (χ0v) is 12.3. The highest BCUT2D eigenvalue weighted by molar-refractivity contribution is 5.78. The predicted octanol–water partition coefficient (Wildman–Crippen LogP) is 3.85. The third kappa shape index (κ3) is 3.46. The van der Waals surface area contributed by atoms with E-state index < -0.39 is 0 Å². The fourth-order valence-corrected chi connectivity index (χ4v) is 2.65. The van der Waals surface area contributed by atoms with Gasteiger partial charge in [-0.05, 0) is 30.6 Å². The van der Waals surface area contributed by atoms with E-state index in [4.69, 9.17) is 0 Å². The van der Waals surface area contributed by atoms with Crippen molar-refractivity contribution in [2.24, 2.45) is 11.3 Å². The van der Waals surface area contributed by atoms with E-state index in [0.717, 1.165) is 32.2 Å². The van der Waals surface area contributed by atoms with Crippen LogP contribution in [0.4, 0.5) is 0 Å². The van der Waals surface area contributed by atoms with E-state index in [1.807, 2.05) is 0 Å². The first-order valence-electron chi connectivity index (χ1n) is 7.21. The average Bonchev–Trinajstić information content (AvgIpc) is 2.71. The van der Waals surface area contributed by atoms with E-state index in [0.29, 0.717) is 17.9 Å². The number of carbonyl (C=O) groups excluding carboxylic acids is 1. The van der Waals surface area contributed by atoms with Crippen LogP contribution in [-0.4, -0.2) is 23.4 Å². The van der Waals surface area contributed by atoms with E-state index in [1.165, 1.54) is 6.42 Å². The molecule has 0 radical (unpaired) electrons. The summed E-state index contributed by atoms with van der Waals surface area (Å²) in [4.78, 5) is 14.1. The molecule has 0 saturated carbocycles. The minimum atomic E-state index is 0.240. The molecule has 0 bridgehead atoms. The van der Waals surface area contributed by atoms with E-state index in [-0.39, 0.29) is 5.41 Å². The smallest absolute Gasteiger partial charge is 0.222 e. The van der Waals surface area contributed by atoms with Crippen LogP contribution in [0.1, 0.15) is 66.7 Å². The summed E-state index contributed by atoms with van der Waals surface area (Å²) < 4.78 is 0. The van der Waals surface area contributed by atoms with Crippen molar-refractivity contribution >= 4 is 5.91 Å². The third-order valence-corrected chi connectivity index (χ3v) is 4.62. The van der Waals surface area contributed by atoms with Crippen LogP contribution in [0.15, 0.2) is 0 Å². The second-order valence-electron chi connectivity index (χ2n) is 6.30. The van der Waals surface area contributed by atoms with E-state index in [2.05, 4.69) is 39.5 Å². The molecule has 100 valence electrons. The molecule has 0 aromatic carbocycles. The number of amides is 1. The Labute approximate surface area is 107 Å². The number of hydrogen-bond acceptors (Lipinski definition) is 1. The molecule has 0 aliphatic carbocycles. The second-order valence-corrected chi connectivity index (χ2v) is 6.30. The average molecular weight is 239 g/mol. The van der Waals surface area contributed by atoms with Gasteiger partial charge in [0, 0.05) is 19.0 Å². The Morgan fingerprint density at radius 3 is 2.41 bits per heavy atom. The number of nitrogens with zero attached hydrogens (tertiary/aromatic N) is 1. The minimum Gasteiger partial charge on any atom is -0.339 e. The van der Waals surface area contributed by atoms with Gasteiger partial charge in [0.15, 0.2) is 0 Å². The lowest BCUT2D eigenvalue weighted by Crippen LogP contribution is -2.46. The van der Waals surface area contributed by atoms with Crippen LogP contribution in [0.3, 0.4) is 0 Å². The first-order valence-corrected chi connectivity index (χ1v) is 7.21. The fourth-order valence-electron chi connectivity index (χ4n) is 2.65. The predicted molar refractivity (Wildman–Crippen MR) is 72.9 cm³/mol. The van der Waals surface area contributed by atoms with Gasteiger partial charge in [-0.3, -0.25) is 4.79 Å². The molecule has 2 nitrogen and oxygen atoms in total. The highest BCUT2D eigenvalue weighted by Crippen LogP contribution is 2.35. The van der Waals surface area contributed by atoms with Crippen LogP contribution in [0.2, 0.25) is 0 Å². The molecule has 2 heteroatoms. The summed E-state index contributed by atoms with van der Waals surface area (Å²) in [6.07, 6.45) is 5.31. The highest BCUT2D eigenvalue weighted by Gasteiger charge is 2.37. The number of hydrogen-bond donors (Lipinski definition) is 0. The minimum absolute atomic E-state index is 0.240. The maximum absolute atomic E-state index is 12.0. The molecule has 1 aliphatic heterocycles. The number of likely N-dealkylation sites (tertiary alicyclic amines) is 1. The molecule has 0 N–H and O–H groups in total. The summed E-state index contributed by atoms with van der Waals surface area (Å²) >= 11 is 0. The lowest BCUT2D eigenvalue weighted by molar-refractivity contribution is -0.132. The Balaban J connectivity index is 2.81. The van der Waals surface area contributed by atoms with Gasteiger partial charge in [-0.2, -0.15) is 0 Å². The number of rotatable bonds is 6. The highest BCUT2D eigenvalue weighted by atomic mass is 16.2. The maximum Gasteiger partial charge on any atom is 0.222 e. The molecule has 1 heterocycles. The normalized spacial score (nSPS) is 20.8.